The summed E-state index contributed by atoms with van der Waals surface area (Å²) in [6.07, 6.45) is 1.94. The smallest absolute Gasteiger partial charge is 0.307 e. The molecule has 1 aromatic rings. The molecule has 2 rings (SSSR count). The number of benzene rings is 1. The third-order valence-electron chi connectivity index (χ3n) is 3.87. The number of phenols is 1. The first-order valence-electron chi connectivity index (χ1n) is 6.87. The number of carbonyl (C=O) groups excluding carboxylic acids is 1. The highest BCUT2D eigenvalue weighted by Gasteiger charge is 2.39. The van der Waals surface area contributed by atoms with Crippen molar-refractivity contribution in [2.75, 3.05) is 11.4 Å². The van der Waals surface area contributed by atoms with Crippen molar-refractivity contribution in [3.8, 4) is 5.75 Å². The van der Waals surface area contributed by atoms with Gasteiger partial charge in [0.25, 0.3) is 0 Å². The summed E-state index contributed by atoms with van der Waals surface area (Å²) in [4.78, 5) is 25.3. The van der Waals surface area contributed by atoms with E-state index in [1.54, 1.807) is 17.0 Å². The fraction of sp³-hybridized carbons (Fsp3) is 0.467. The molecule has 0 aromatic heterocycles. The van der Waals surface area contributed by atoms with Crippen LogP contribution in [0.2, 0.25) is 0 Å². The number of amides is 1. The molecule has 1 saturated carbocycles. The van der Waals surface area contributed by atoms with Gasteiger partial charge in [-0.1, -0.05) is 12.5 Å². The number of carboxylic acids is 1. The Bertz CT molecular complexity index is 514. The molecule has 0 heterocycles. The molecule has 2 N–H and O–H groups in total. The first-order chi connectivity index (χ1) is 9.54. The average molecular weight is 277 g/mol. The lowest BCUT2D eigenvalue weighted by Crippen LogP contribution is -2.39. The van der Waals surface area contributed by atoms with Crippen LogP contribution in [-0.4, -0.2) is 28.6 Å². The zero-order valence-corrected chi connectivity index (χ0v) is 11.5. The summed E-state index contributed by atoms with van der Waals surface area (Å²) in [5.74, 6) is -2.02. The topological polar surface area (TPSA) is 77.8 Å². The van der Waals surface area contributed by atoms with Crippen LogP contribution in [0.25, 0.3) is 0 Å². The highest BCUT2D eigenvalue weighted by atomic mass is 16.4. The van der Waals surface area contributed by atoms with E-state index in [0.717, 1.165) is 6.42 Å². The van der Waals surface area contributed by atoms with E-state index in [1.165, 1.54) is 12.1 Å². The van der Waals surface area contributed by atoms with Crippen LogP contribution < -0.4 is 4.90 Å². The van der Waals surface area contributed by atoms with E-state index in [4.69, 9.17) is 0 Å². The molecule has 0 aliphatic heterocycles. The van der Waals surface area contributed by atoms with Gasteiger partial charge in [-0.25, -0.2) is 0 Å². The number of carboxylic acid groups (broad SMARTS) is 1. The number of rotatable bonds is 4. The van der Waals surface area contributed by atoms with Gasteiger partial charge in [0.05, 0.1) is 11.8 Å². The molecule has 5 nitrogen and oxygen atoms in total. The molecule has 2 atom stereocenters. The molecule has 0 bridgehead atoms. The number of phenolic OH excluding ortho intramolecular Hbond substituents is 1. The Balaban J connectivity index is 2.23. The molecule has 20 heavy (non-hydrogen) atoms. The zero-order chi connectivity index (χ0) is 14.7. The molecule has 1 aliphatic rings. The van der Waals surface area contributed by atoms with Gasteiger partial charge >= 0.3 is 5.97 Å². The fourth-order valence-corrected chi connectivity index (χ4v) is 2.88. The van der Waals surface area contributed by atoms with Gasteiger partial charge in [0.2, 0.25) is 5.91 Å². The molecule has 1 aliphatic carbocycles. The molecular formula is C15H19NO4. The minimum Gasteiger partial charge on any atom is -0.508 e. The summed E-state index contributed by atoms with van der Waals surface area (Å²) in [6.45, 7) is 2.29. The summed E-state index contributed by atoms with van der Waals surface area (Å²) < 4.78 is 0. The zero-order valence-electron chi connectivity index (χ0n) is 11.5. The van der Waals surface area contributed by atoms with Crippen LogP contribution in [0, 0.1) is 11.8 Å². The Morgan fingerprint density at radius 1 is 1.30 bits per heavy atom. The predicted octanol–water partition coefficient (Wildman–Crippen LogP) is 2.25. The van der Waals surface area contributed by atoms with Gasteiger partial charge in [-0.3, -0.25) is 9.59 Å². The quantitative estimate of drug-likeness (QED) is 0.884. The van der Waals surface area contributed by atoms with E-state index >= 15 is 0 Å². The number of anilines is 1. The maximum Gasteiger partial charge on any atom is 0.307 e. The maximum atomic E-state index is 12.6. The molecule has 2 unspecified atom stereocenters. The minimum atomic E-state index is -0.896. The first kappa shape index (κ1) is 14.4. The second kappa shape index (κ2) is 5.94. The Morgan fingerprint density at radius 3 is 2.60 bits per heavy atom. The van der Waals surface area contributed by atoms with Crippen LogP contribution in [-0.2, 0) is 9.59 Å². The Labute approximate surface area is 117 Å². The van der Waals surface area contributed by atoms with Crippen LogP contribution in [0.3, 0.4) is 0 Å². The number of hydrogen-bond donors (Lipinski definition) is 2. The third-order valence-corrected chi connectivity index (χ3v) is 3.87. The predicted molar refractivity (Wildman–Crippen MR) is 74.6 cm³/mol. The Hall–Kier alpha value is -2.04. The van der Waals surface area contributed by atoms with Crippen molar-refractivity contribution in [2.45, 2.75) is 26.2 Å². The van der Waals surface area contributed by atoms with E-state index in [0.29, 0.717) is 25.1 Å². The van der Waals surface area contributed by atoms with Gasteiger partial charge in [-0.05, 0) is 31.9 Å². The summed E-state index contributed by atoms with van der Waals surface area (Å²) >= 11 is 0. The van der Waals surface area contributed by atoms with Gasteiger partial charge in [0.1, 0.15) is 5.75 Å². The molecular weight excluding hydrogens is 258 g/mol. The summed E-state index contributed by atoms with van der Waals surface area (Å²) in [5, 5.41) is 18.7. The SMILES string of the molecule is CCN(C(=O)C1CCCC1C(=O)O)c1cccc(O)c1. The van der Waals surface area contributed by atoms with Gasteiger partial charge in [-0.15, -0.1) is 0 Å². The van der Waals surface area contributed by atoms with E-state index in [9.17, 15) is 19.8 Å². The average Bonchev–Trinajstić information content (AvgIpc) is 2.89. The second-order valence-corrected chi connectivity index (χ2v) is 5.08. The molecule has 0 saturated heterocycles. The Kier molecular flexibility index (Phi) is 4.27. The largest absolute Gasteiger partial charge is 0.508 e. The maximum absolute atomic E-state index is 12.6. The van der Waals surface area contributed by atoms with Crippen molar-refractivity contribution in [2.24, 2.45) is 11.8 Å². The van der Waals surface area contributed by atoms with Crippen molar-refractivity contribution in [3.05, 3.63) is 24.3 Å². The molecule has 108 valence electrons. The van der Waals surface area contributed by atoms with Gasteiger partial charge in [-0.2, -0.15) is 0 Å². The summed E-state index contributed by atoms with van der Waals surface area (Å²) in [6, 6.07) is 6.47. The highest BCUT2D eigenvalue weighted by Crippen LogP contribution is 2.34. The monoisotopic (exact) mass is 277 g/mol. The normalized spacial score (nSPS) is 21.6. The number of nitrogens with zero attached hydrogens (tertiary/aromatic N) is 1. The fourth-order valence-electron chi connectivity index (χ4n) is 2.88. The summed E-state index contributed by atoms with van der Waals surface area (Å²) in [7, 11) is 0. The molecule has 0 radical (unpaired) electrons. The van der Waals surface area contributed by atoms with Gasteiger partial charge in [0, 0.05) is 18.3 Å². The minimum absolute atomic E-state index is 0.0926. The second-order valence-electron chi connectivity index (χ2n) is 5.08. The van der Waals surface area contributed by atoms with E-state index < -0.39 is 17.8 Å². The number of carbonyl (C=O) groups is 2. The first-order valence-corrected chi connectivity index (χ1v) is 6.87. The van der Waals surface area contributed by atoms with E-state index in [2.05, 4.69) is 0 Å². The van der Waals surface area contributed by atoms with Crippen molar-refractivity contribution in [3.63, 3.8) is 0 Å². The molecule has 1 amide bonds. The molecule has 5 heteroatoms. The van der Waals surface area contributed by atoms with E-state index in [-0.39, 0.29) is 11.7 Å². The number of hydrogen-bond acceptors (Lipinski definition) is 3. The Morgan fingerprint density at radius 2 is 2.00 bits per heavy atom. The van der Waals surface area contributed by atoms with E-state index in [1.807, 2.05) is 6.92 Å². The molecule has 1 fully saturated rings. The lowest BCUT2D eigenvalue weighted by Gasteiger charge is -2.26. The lowest BCUT2D eigenvalue weighted by atomic mass is 9.94. The van der Waals surface area contributed by atoms with Crippen LogP contribution >= 0.6 is 0 Å². The standard InChI is InChI=1S/C15H19NO4/c1-2-16(10-5-3-6-11(17)9-10)14(18)12-7-4-8-13(12)15(19)20/h3,5-6,9,12-13,17H,2,4,7-8H2,1H3,(H,19,20). The van der Waals surface area contributed by atoms with Gasteiger partial charge in [0.15, 0.2) is 0 Å². The van der Waals surface area contributed by atoms with Crippen LogP contribution in [0.15, 0.2) is 24.3 Å². The van der Waals surface area contributed by atoms with Crippen LogP contribution in [0.1, 0.15) is 26.2 Å². The highest BCUT2D eigenvalue weighted by molar-refractivity contribution is 5.97. The molecule has 1 aromatic carbocycles. The van der Waals surface area contributed by atoms with Crippen LogP contribution in [0.5, 0.6) is 5.75 Å². The van der Waals surface area contributed by atoms with Crippen molar-refractivity contribution in [1.82, 2.24) is 0 Å². The number of aromatic hydroxyl groups is 1. The van der Waals surface area contributed by atoms with Crippen molar-refractivity contribution >= 4 is 17.6 Å². The van der Waals surface area contributed by atoms with Crippen LogP contribution in [0.4, 0.5) is 5.69 Å². The van der Waals surface area contributed by atoms with Gasteiger partial charge < -0.3 is 15.1 Å². The molecule has 0 spiro atoms. The summed E-state index contributed by atoms with van der Waals surface area (Å²) in [5.41, 5.74) is 0.605. The van der Waals surface area contributed by atoms with Crippen molar-refractivity contribution < 1.29 is 19.8 Å². The third kappa shape index (κ3) is 2.76. The number of aliphatic carboxylic acids is 1. The van der Waals surface area contributed by atoms with Crippen molar-refractivity contribution in [1.29, 1.82) is 0 Å². The lowest BCUT2D eigenvalue weighted by molar-refractivity contribution is -0.145.